The van der Waals surface area contributed by atoms with Gasteiger partial charge in [-0.2, -0.15) is 0 Å². The first kappa shape index (κ1) is 22.1. The smallest absolute Gasteiger partial charge is 0.319 e. The number of aliphatic hydroxyl groups is 2. The molecule has 0 radical (unpaired) electrons. The summed E-state index contributed by atoms with van der Waals surface area (Å²) in [6.07, 6.45) is -2.33. The Kier molecular flexibility index (Phi) is 7.33. The molecule has 30 heavy (non-hydrogen) atoms. The quantitative estimate of drug-likeness (QED) is 0.546. The van der Waals surface area contributed by atoms with Crippen molar-refractivity contribution < 1.29 is 28.5 Å². The van der Waals surface area contributed by atoms with Gasteiger partial charge in [0, 0.05) is 19.2 Å². The number of carbonyl (C=O) groups is 1. The van der Waals surface area contributed by atoms with Gasteiger partial charge in [0.15, 0.2) is 0 Å². The Labute approximate surface area is 173 Å². The molecule has 0 unspecified atom stereocenters. The molecule has 1 aliphatic rings. The van der Waals surface area contributed by atoms with Gasteiger partial charge in [-0.3, -0.25) is 4.90 Å². The molecular formula is C21H25F2N3O4. The van der Waals surface area contributed by atoms with Crippen LogP contribution in [-0.2, 0) is 11.3 Å². The normalized spacial score (nSPS) is 23.5. The highest BCUT2D eigenvalue weighted by molar-refractivity contribution is 5.89. The topological polar surface area (TPSA) is 94.1 Å². The summed E-state index contributed by atoms with van der Waals surface area (Å²) in [6.45, 7) is 0.194. The van der Waals surface area contributed by atoms with Crippen molar-refractivity contribution >= 4 is 11.7 Å². The molecular weight excluding hydrogens is 396 g/mol. The number of nitrogens with one attached hydrogen (secondary N) is 2. The fourth-order valence-electron chi connectivity index (χ4n) is 3.62. The van der Waals surface area contributed by atoms with Crippen molar-refractivity contribution in [3.63, 3.8) is 0 Å². The van der Waals surface area contributed by atoms with E-state index in [9.17, 15) is 23.8 Å². The lowest BCUT2D eigenvalue weighted by Gasteiger charge is -2.30. The third-order valence-electron chi connectivity index (χ3n) is 5.07. The molecule has 3 rings (SSSR count). The molecule has 1 saturated heterocycles. The first-order valence-electron chi connectivity index (χ1n) is 9.57. The van der Waals surface area contributed by atoms with Crippen molar-refractivity contribution in [3.8, 4) is 0 Å². The number of benzene rings is 2. The molecule has 0 bridgehead atoms. The van der Waals surface area contributed by atoms with Crippen LogP contribution in [0, 0.1) is 11.6 Å². The third kappa shape index (κ3) is 5.31. The van der Waals surface area contributed by atoms with Crippen LogP contribution in [0.4, 0.5) is 19.3 Å². The van der Waals surface area contributed by atoms with Gasteiger partial charge in [0.05, 0.1) is 24.4 Å². The number of rotatable bonds is 7. The lowest BCUT2D eigenvalue weighted by Crippen LogP contribution is -2.49. The summed E-state index contributed by atoms with van der Waals surface area (Å²) < 4.78 is 32.4. The van der Waals surface area contributed by atoms with E-state index in [2.05, 4.69) is 10.6 Å². The number of anilines is 1. The van der Waals surface area contributed by atoms with Crippen LogP contribution in [0.25, 0.3) is 0 Å². The molecule has 162 valence electrons. The summed E-state index contributed by atoms with van der Waals surface area (Å²) in [5, 5.41) is 25.0. The minimum Gasteiger partial charge on any atom is -0.394 e. The van der Waals surface area contributed by atoms with Gasteiger partial charge in [0.25, 0.3) is 0 Å². The molecule has 0 aromatic heterocycles. The van der Waals surface area contributed by atoms with Gasteiger partial charge >= 0.3 is 6.03 Å². The Hall–Kier alpha value is -2.59. The number of nitrogens with zero attached hydrogens (tertiary/aromatic N) is 1. The predicted octanol–water partition coefficient (Wildman–Crippen LogP) is 1.71. The van der Waals surface area contributed by atoms with E-state index < -0.39 is 42.0 Å². The molecule has 9 heteroatoms. The Bertz CT molecular complexity index is 855. The van der Waals surface area contributed by atoms with Crippen LogP contribution in [0.2, 0.25) is 0 Å². The van der Waals surface area contributed by atoms with E-state index in [0.29, 0.717) is 12.6 Å². The second-order valence-corrected chi connectivity index (χ2v) is 7.24. The van der Waals surface area contributed by atoms with E-state index in [1.54, 1.807) is 0 Å². The number of likely N-dealkylation sites (N-methyl/N-ethyl adjacent to an activating group) is 1. The molecule has 4 atom stereocenters. The SMILES string of the molecule is CN(Cc1ccccc1)[C@H]1[C@H](O)[C@H](CO)O[C@@H]1CNC(=O)Nc1ccc(F)cc1F. The number of halogens is 2. The summed E-state index contributed by atoms with van der Waals surface area (Å²) in [6, 6.07) is 11.3. The van der Waals surface area contributed by atoms with Crippen LogP contribution in [0.3, 0.4) is 0 Å². The maximum atomic E-state index is 13.7. The number of hydrogen-bond donors (Lipinski definition) is 4. The average molecular weight is 421 g/mol. The Morgan fingerprint density at radius 3 is 2.57 bits per heavy atom. The van der Waals surface area contributed by atoms with Gasteiger partial charge in [-0.25, -0.2) is 13.6 Å². The summed E-state index contributed by atoms with van der Waals surface area (Å²) in [5.74, 6) is -1.63. The van der Waals surface area contributed by atoms with Crippen LogP contribution < -0.4 is 10.6 Å². The monoisotopic (exact) mass is 421 g/mol. The molecule has 2 aromatic carbocycles. The van der Waals surface area contributed by atoms with E-state index in [1.807, 2.05) is 42.3 Å². The first-order chi connectivity index (χ1) is 14.4. The Balaban J connectivity index is 1.62. The number of hydrogen-bond acceptors (Lipinski definition) is 5. The van der Waals surface area contributed by atoms with E-state index in [0.717, 1.165) is 17.7 Å². The van der Waals surface area contributed by atoms with E-state index in [-0.39, 0.29) is 18.8 Å². The zero-order valence-corrected chi connectivity index (χ0v) is 16.5. The second-order valence-electron chi connectivity index (χ2n) is 7.24. The molecule has 4 N–H and O–H groups in total. The zero-order valence-electron chi connectivity index (χ0n) is 16.5. The molecule has 1 heterocycles. The molecule has 0 aliphatic carbocycles. The maximum Gasteiger partial charge on any atom is 0.319 e. The Morgan fingerprint density at radius 2 is 1.90 bits per heavy atom. The average Bonchev–Trinajstić information content (AvgIpc) is 3.05. The fraction of sp³-hybridized carbons (Fsp3) is 0.381. The molecule has 1 fully saturated rings. The van der Waals surface area contributed by atoms with Gasteiger partial charge in [-0.15, -0.1) is 0 Å². The standard InChI is InChI=1S/C21H25F2N3O4/c1-26(11-13-5-3-2-4-6-13)19-17(30-18(12-27)20(19)28)10-24-21(29)25-16-8-7-14(22)9-15(16)23/h2-9,17-20,27-28H,10-12H2,1H3,(H2,24,25,29)/t17-,18+,19-,20-/m1/s1. The highest BCUT2D eigenvalue weighted by Gasteiger charge is 2.45. The van der Waals surface area contributed by atoms with Crippen molar-refractivity contribution in [2.75, 3.05) is 25.5 Å². The van der Waals surface area contributed by atoms with Gasteiger partial charge in [-0.05, 0) is 24.7 Å². The molecule has 7 nitrogen and oxygen atoms in total. The minimum atomic E-state index is -0.951. The number of urea groups is 1. The van der Waals surface area contributed by atoms with Gasteiger partial charge in [-0.1, -0.05) is 30.3 Å². The molecule has 2 aromatic rings. The van der Waals surface area contributed by atoms with Gasteiger partial charge in [0.2, 0.25) is 0 Å². The lowest BCUT2D eigenvalue weighted by atomic mass is 10.0. The van der Waals surface area contributed by atoms with Crippen LogP contribution in [0.15, 0.2) is 48.5 Å². The van der Waals surface area contributed by atoms with E-state index in [1.165, 1.54) is 0 Å². The molecule has 2 amide bonds. The van der Waals surface area contributed by atoms with E-state index in [4.69, 9.17) is 4.74 Å². The van der Waals surface area contributed by atoms with Crippen LogP contribution in [0.5, 0.6) is 0 Å². The van der Waals surface area contributed by atoms with Crippen LogP contribution >= 0.6 is 0 Å². The molecule has 1 aliphatic heterocycles. The highest BCUT2D eigenvalue weighted by Crippen LogP contribution is 2.26. The lowest BCUT2D eigenvalue weighted by molar-refractivity contribution is -0.0205. The second kappa shape index (κ2) is 9.94. The number of aliphatic hydroxyl groups excluding tert-OH is 2. The van der Waals surface area contributed by atoms with Crippen molar-refractivity contribution in [1.29, 1.82) is 0 Å². The van der Waals surface area contributed by atoms with Gasteiger partial charge < -0.3 is 25.6 Å². The maximum absolute atomic E-state index is 13.7. The van der Waals surface area contributed by atoms with Gasteiger partial charge in [0.1, 0.15) is 23.8 Å². The largest absolute Gasteiger partial charge is 0.394 e. The molecule has 0 saturated carbocycles. The first-order valence-corrected chi connectivity index (χ1v) is 9.57. The van der Waals surface area contributed by atoms with Crippen molar-refractivity contribution in [3.05, 3.63) is 65.7 Å². The minimum absolute atomic E-state index is 0.0198. The van der Waals surface area contributed by atoms with E-state index >= 15 is 0 Å². The van der Waals surface area contributed by atoms with Crippen LogP contribution in [0.1, 0.15) is 5.56 Å². The van der Waals surface area contributed by atoms with Crippen molar-refractivity contribution in [1.82, 2.24) is 10.2 Å². The number of ether oxygens (including phenoxy) is 1. The summed E-state index contributed by atoms with van der Waals surface area (Å²) in [5.41, 5.74) is 0.878. The van der Waals surface area contributed by atoms with Crippen molar-refractivity contribution in [2.45, 2.75) is 30.9 Å². The molecule has 0 spiro atoms. The summed E-state index contributed by atoms with van der Waals surface area (Å²) in [4.78, 5) is 14.0. The highest BCUT2D eigenvalue weighted by atomic mass is 19.1. The number of carbonyl (C=O) groups excluding carboxylic acids is 1. The fourth-order valence-corrected chi connectivity index (χ4v) is 3.62. The number of amides is 2. The third-order valence-corrected chi connectivity index (χ3v) is 5.07. The predicted molar refractivity (Wildman–Crippen MR) is 107 cm³/mol. The summed E-state index contributed by atoms with van der Waals surface area (Å²) in [7, 11) is 1.82. The zero-order chi connectivity index (χ0) is 21.7. The van der Waals surface area contributed by atoms with Crippen LogP contribution in [-0.4, -0.2) is 65.7 Å². The summed E-state index contributed by atoms with van der Waals surface area (Å²) >= 11 is 0. The Morgan fingerprint density at radius 1 is 1.17 bits per heavy atom. The van der Waals surface area contributed by atoms with Crippen molar-refractivity contribution in [2.24, 2.45) is 0 Å².